The number of ether oxygens (including phenoxy) is 2. The van der Waals surface area contributed by atoms with Gasteiger partial charge in [-0.15, -0.1) is 0 Å². The Kier molecular flexibility index (Phi) is 5.99. The Bertz CT molecular complexity index is 293. The molecule has 0 radical (unpaired) electrons. The Balaban J connectivity index is 4.55. The minimum absolute atomic E-state index is 0.0625. The lowest BCUT2D eigenvalue weighted by Crippen LogP contribution is -2.23. The predicted octanol–water partition coefficient (Wildman–Crippen LogP) is 0.0202. The summed E-state index contributed by atoms with van der Waals surface area (Å²) in [5.41, 5.74) is 10.5. The molecule has 0 rings (SSSR count). The van der Waals surface area contributed by atoms with Gasteiger partial charge in [0.1, 0.15) is 5.82 Å². The monoisotopic (exact) mass is 230 g/mol. The Hall–Kier alpha value is -1.72. The van der Waals surface area contributed by atoms with Gasteiger partial charge in [0.15, 0.2) is 0 Å². The van der Waals surface area contributed by atoms with Gasteiger partial charge < -0.3 is 20.9 Å². The van der Waals surface area contributed by atoms with E-state index in [2.05, 4.69) is 0 Å². The molecule has 6 nitrogen and oxygen atoms in total. The summed E-state index contributed by atoms with van der Waals surface area (Å²) in [6.45, 7) is 5.25. The zero-order chi connectivity index (χ0) is 12.7. The minimum Gasteiger partial charge on any atom is -0.463 e. The van der Waals surface area contributed by atoms with E-state index in [4.69, 9.17) is 20.9 Å². The van der Waals surface area contributed by atoms with E-state index in [-0.39, 0.29) is 30.5 Å². The molecule has 0 fully saturated rings. The first-order valence-electron chi connectivity index (χ1n) is 4.99. The zero-order valence-corrected chi connectivity index (χ0v) is 9.78. The first-order valence-corrected chi connectivity index (χ1v) is 4.99. The molecule has 0 unspecified atom stereocenters. The summed E-state index contributed by atoms with van der Waals surface area (Å²) in [5, 5.41) is 0. The van der Waals surface area contributed by atoms with Gasteiger partial charge in [0.05, 0.1) is 24.7 Å². The Morgan fingerprint density at radius 1 is 1.25 bits per heavy atom. The number of hydrogen-bond acceptors (Lipinski definition) is 6. The van der Waals surface area contributed by atoms with Crippen LogP contribution in [-0.2, 0) is 19.1 Å². The van der Waals surface area contributed by atoms with Gasteiger partial charge in [0.25, 0.3) is 0 Å². The second kappa shape index (κ2) is 6.71. The van der Waals surface area contributed by atoms with Crippen molar-refractivity contribution in [2.75, 3.05) is 6.61 Å². The molecule has 0 amide bonds. The number of nitrogens with two attached hydrogens (primary N) is 2. The third-order valence-electron chi connectivity index (χ3n) is 1.56. The lowest BCUT2D eigenvalue weighted by atomic mass is 10.2. The van der Waals surface area contributed by atoms with Crippen LogP contribution in [0.3, 0.4) is 0 Å². The molecule has 0 spiro atoms. The van der Waals surface area contributed by atoms with Crippen molar-refractivity contribution < 1.29 is 19.1 Å². The van der Waals surface area contributed by atoms with E-state index >= 15 is 0 Å². The van der Waals surface area contributed by atoms with Crippen LogP contribution in [0.25, 0.3) is 0 Å². The maximum atomic E-state index is 11.4. The van der Waals surface area contributed by atoms with Crippen LogP contribution >= 0.6 is 0 Å². The lowest BCUT2D eigenvalue weighted by Gasteiger charge is -2.10. The second-order valence-corrected chi connectivity index (χ2v) is 3.37. The molecule has 0 saturated heterocycles. The molecule has 0 heterocycles. The number of hydrogen-bond donors (Lipinski definition) is 2. The van der Waals surface area contributed by atoms with E-state index in [1.54, 1.807) is 20.8 Å². The molecule has 0 aromatic carbocycles. The number of carbonyl (C=O) groups excluding carboxylic acids is 2. The van der Waals surface area contributed by atoms with Crippen LogP contribution in [0, 0.1) is 0 Å². The Labute approximate surface area is 94.6 Å². The summed E-state index contributed by atoms with van der Waals surface area (Å²) in [4.78, 5) is 22.7. The molecular formula is C10H18N2O4. The van der Waals surface area contributed by atoms with Crippen molar-refractivity contribution in [3.8, 4) is 0 Å². The highest BCUT2D eigenvalue weighted by Gasteiger charge is 2.19. The van der Waals surface area contributed by atoms with E-state index in [0.717, 1.165) is 0 Å². The molecular weight excluding hydrogens is 212 g/mol. The highest BCUT2D eigenvalue weighted by Crippen LogP contribution is 2.08. The summed E-state index contributed by atoms with van der Waals surface area (Å²) in [6.07, 6.45) is -0.533. The van der Waals surface area contributed by atoms with Crippen molar-refractivity contribution in [2.45, 2.75) is 33.3 Å². The molecule has 0 aliphatic rings. The fourth-order valence-electron chi connectivity index (χ4n) is 0.959. The molecule has 0 aliphatic carbocycles. The van der Waals surface area contributed by atoms with Crippen molar-refractivity contribution in [1.29, 1.82) is 0 Å². The van der Waals surface area contributed by atoms with Gasteiger partial charge in [0.2, 0.25) is 0 Å². The summed E-state index contributed by atoms with van der Waals surface area (Å²) in [7, 11) is 0. The highest BCUT2D eigenvalue weighted by molar-refractivity contribution is 5.94. The molecule has 0 aromatic heterocycles. The predicted molar refractivity (Wildman–Crippen MR) is 57.9 cm³/mol. The van der Waals surface area contributed by atoms with Crippen molar-refractivity contribution >= 4 is 11.9 Å². The number of esters is 2. The molecule has 0 aromatic rings. The fraction of sp³-hybridized carbons (Fsp3) is 0.600. The number of rotatable bonds is 5. The lowest BCUT2D eigenvalue weighted by molar-refractivity contribution is -0.149. The molecule has 4 N–H and O–H groups in total. The van der Waals surface area contributed by atoms with Gasteiger partial charge in [-0.2, -0.15) is 0 Å². The maximum Gasteiger partial charge on any atom is 0.338 e. The van der Waals surface area contributed by atoms with E-state index in [9.17, 15) is 9.59 Å². The first kappa shape index (κ1) is 14.3. The summed E-state index contributed by atoms with van der Waals surface area (Å²) < 4.78 is 9.57. The maximum absolute atomic E-state index is 11.4. The van der Waals surface area contributed by atoms with Crippen molar-refractivity contribution in [3.63, 3.8) is 0 Å². The van der Waals surface area contributed by atoms with Crippen LogP contribution in [-0.4, -0.2) is 24.6 Å². The highest BCUT2D eigenvalue weighted by atomic mass is 16.5. The van der Waals surface area contributed by atoms with E-state index in [0.29, 0.717) is 0 Å². The fourth-order valence-corrected chi connectivity index (χ4v) is 0.959. The van der Waals surface area contributed by atoms with Crippen LogP contribution in [0.5, 0.6) is 0 Å². The van der Waals surface area contributed by atoms with Crippen molar-refractivity contribution in [1.82, 2.24) is 0 Å². The molecule has 0 aliphatic heterocycles. The average molecular weight is 230 g/mol. The Morgan fingerprint density at radius 3 is 2.19 bits per heavy atom. The van der Waals surface area contributed by atoms with Gasteiger partial charge in [0, 0.05) is 0 Å². The van der Waals surface area contributed by atoms with Crippen LogP contribution < -0.4 is 11.5 Å². The average Bonchev–Trinajstić information content (AvgIpc) is 2.12. The summed E-state index contributed by atoms with van der Waals surface area (Å²) in [6, 6.07) is 0. The molecule has 0 saturated carbocycles. The zero-order valence-electron chi connectivity index (χ0n) is 9.78. The van der Waals surface area contributed by atoms with Gasteiger partial charge in [-0.05, 0) is 20.8 Å². The van der Waals surface area contributed by atoms with Crippen LogP contribution in [0.4, 0.5) is 0 Å². The molecule has 92 valence electrons. The van der Waals surface area contributed by atoms with E-state index < -0.39 is 11.9 Å². The molecule has 0 bridgehead atoms. The third kappa shape index (κ3) is 5.23. The minimum atomic E-state index is -0.691. The van der Waals surface area contributed by atoms with E-state index in [1.165, 1.54) is 0 Å². The topological polar surface area (TPSA) is 105 Å². The largest absolute Gasteiger partial charge is 0.463 e. The molecule has 16 heavy (non-hydrogen) atoms. The summed E-state index contributed by atoms with van der Waals surface area (Å²) >= 11 is 0. The van der Waals surface area contributed by atoms with Gasteiger partial charge in [-0.1, -0.05) is 0 Å². The van der Waals surface area contributed by atoms with Gasteiger partial charge in [-0.25, -0.2) is 4.79 Å². The normalized spacial score (nSPS) is 9.75. The van der Waals surface area contributed by atoms with Gasteiger partial charge in [-0.3, -0.25) is 4.79 Å². The van der Waals surface area contributed by atoms with Crippen molar-refractivity contribution in [2.24, 2.45) is 11.5 Å². The first-order chi connectivity index (χ1) is 7.38. The van der Waals surface area contributed by atoms with Crippen LogP contribution in [0.15, 0.2) is 11.4 Å². The van der Waals surface area contributed by atoms with E-state index in [1.807, 2.05) is 0 Å². The SMILES string of the molecule is CCOC(=O)C(CC(=O)OC(C)C)=C(N)N. The molecule has 6 heteroatoms. The van der Waals surface area contributed by atoms with Crippen molar-refractivity contribution in [3.05, 3.63) is 11.4 Å². The standard InChI is InChI=1S/C10H18N2O4/c1-4-15-10(14)7(9(11)12)5-8(13)16-6(2)3/h6H,4-5,11-12H2,1-3H3. The third-order valence-corrected chi connectivity index (χ3v) is 1.56. The summed E-state index contributed by atoms with van der Waals surface area (Å²) in [5.74, 6) is -1.48. The Morgan fingerprint density at radius 2 is 1.81 bits per heavy atom. The van der Waals surface area contributed by atoms with Gasteiger partial charge >= 0.3 is 11.9 Å². The van der Waals surface area contributed by atoms with Crippen LogP contribution in [0.1, 0.15) is 27.2 Å². The second-order valence-electron chi connectivity index (χ2n) is 3.37. The number of carbonyl (C=O) groups is 2. The smallest absolute Gasteiger partial charge is 0.338 e. The van der Waals surface area contributed by atoms with Crippen LogP contribution in [0.2, 0.25) is 0 Å². The molecule has 0 atom stereocenters. The quantitative estimate of drug-likeness (QED) is 0.509.